The fourth-order valence-corrected chi connectivity index (χ4v) is 5.47. The van der Waals surface area contributed by atoms with E-state index in [4.69, 9.17) is 28.9 Å². The third-order valence-electron chi connectivity index (χ3n) is 6.44. The Morgan fingerprint density at radius 3 is 2.55 bits per heavy atom. The fourth-order valence-electron chi connectivity index (χ4n) is 4.63. The maximum absolute atomic E-state index is 6.86. The molecule has 0 bridgehead atoms. The molecule has 6 rings (SSSR count). The van der Waals surface area contributed by atoms with Gasteiger partial charge in [0.25, 0.3) is 0 Å². The highest BCUT2D eigenvalue weighted by Crippen LogP contribution is 2.47. The molecule has 0 saturated heterocycles. The molecule has 2 heterocycles. The molecule has 1 aliphatic carbocycles. The van der Waals surface area contributed by atoms with Crippen LogP contribution in [0.4, 0.5) is 5.82 Å². The average Bonchev–Trinajstić information content (AvgIpc) is 3.52. The van der Waals surface area contributed by atoms with Crippen molar-refractivity contribution in [1.29, 1.82) is 0 Å². The van der Waals surface area contributed by atoms with Crippen molar-refractivity contribution in [3.8, 4) is 0 Å². The molecule has 0 spiro atoms. The van der Waals surface area contributed by atoms with E-state index in [1.165, 1.54) is 18.4 Å². The van der Waals surface area contributed by atoms with Crippen molar-refractivity contribution in [2.24, 2.45) is 0 Å². The lowest BCUT2D eigenvalue weighted by molar-refractivity contribution is 0.657. The second-order valence-corrected chi connectivity index (χ2v) is 9.15. The second kappa shape index (κ2) is 6.84. The number of fused-ring (bicyclic) bond motifs is 4. The number of pyridine rings is 1. The number of hydrogen-bond donors (Lipinski definition) is 1. The molecular weight excluding hydrogens is 427 g/mol. The van der Waals surface area contributed by atoms with Crippen LogP contribution in [0, 0.1) is 0 Å². The number of imidazole rings is 1. The molecule has 0 aliphatic heterocycles. The predicted octanol–water partition coefficient (Wildman–Crippen LogP) is 7.11. The van der Waals surface area contributed by atoms with Crippen LogP contribution in [0.2, 0.25) is 10.0 Å². The van der Waals surface area contributed by atoms with Gasteiger partial charge in [-0.2, -0.15) is 0 Å². The number of anilines is 1. The average molecular weight is 447 g/mol. The summed E-state index contributed by atoms with van der Waals surface area (Å²) in [5.41, 5.74) is 11.1. The Morgan fingerprint density at radius 2 is 1.77 bits per heavy atom. The highest BCUT2D eigenvalue weighted by atomic mass is 35.5. The molecule has 6 heteroatoms. The molecule has 154 valence electrons. The number of nitrogens with zero attached hydrogens (tertiary/aromatic N) is 3. The number of nitrogen functional groups attached to an aromatic ring is 1. The van der Waals surface area contributed by atoms with E-state index in [1.807, 2.05) is 36.7 Å². The lowest BCUT2D eigenvalue weighted by Crippen LogP contribution is -2.08. The van der Waals surface area contributed by atoms with Crippen molar-refractivity contribution in [2.75, 3.05) is 5.73 Å². The topological polar surface area (TPSA) is 56.7 Å². The highest BCUT2D eigenvalue weighted by molar-refractivity contribution is 6.36. The van der Waals surface area contributed by atoms with E-state index < -0.39 is 0 Å². The maximum Gasteiger partial charge on any atom is 0.131 e. The van der Waals surface area contributed by atoms with Gasteiger partial charge in [0.15, 0.2) is 0 Å². The number of nitrogens with two attached hydrogens (primary N) is 1. The monoisotopic (exact) mass is 446 g/mol. The zero-order valence-corrected chi connectivity index (χ0v) is 18.5. The van der Waals surface area contributed by atoms with E-state index in [0.717, 1.165) is 43.3 Å². The molecule has 1 saturated carbocycles. The Morgan fingerprint density at radius 1 is 1.00 bits per heavy atom. The summed E-state index contributed by atoms with van der Waals surface area (Å²) in [6.07, 6.45) is 4.24. The molecule has 1 aliphatic rings. The summed E-state index contributed by atoms with van der Waals surface area (Å²) >= 11 is 13.5. The molecule has 2 aromatic heterocycles. The van der Waals surface area contributed by atoms with E-state index in [2.05, 4.69) is 39.7 Å². The van der Waals surface area contributed by atoms with E-state index in [0.29, 0.717) is 16.8 Å². The van der Waals surface area contributed by atoms with E-state index >= 15 is 0 Å². The summed E-state index contributed by atoms with van der Waals surface area (Å²) in [7, 11) is 0. The lowest BCUT2D eigenvalue weighted by atomic mass is 10.0. The van der Waals surface area contributed by atoms with Crippen LogP contribution in [0.1, 0.15) is 42.9 Å². The number of benzene rings is 3. The minimum atomic E-state index is -0.0610. The first kappa shape index (κ1) is 18.9. The number of aromatic nitrogens is 3. The second-order valence-electron chi connectivity index (χ2n) is 8.37. The van der Waals surface area contributed by atoms with Gasteiger partial charge in [-0.1, -0.05) is 53.5 Å². The highest BCUT2D eigenvalue weighted by Gasteiger charge is 2.29. The Bertz CT molecular complexity index is 1500. The molecule has 31 heavy (non-hydrogen) atoms. The first-order chi connectivity index (χ1) is 15.0. The zero-order valence-electron chi connectivity index (χ0n) is 16.9. The summed E-state index contributed by atoms with van der Waals surface area (Å²) in [5.74, 6) is 1.09. The molecule has 5 aromatic rings. The van der Waals surface area contributed by atoms with Gasteiger partial charge in [-0.3, -0.25) is 0 Å². The first-order valence-electron chi connectivity index (χ1n) is 10.4. The van der Waals surface area contributed by atoms with E-state index in [9.17, 15) is 0 Å². The van der Waals surface area contributed by atoms with Crippen molar-refractivity contribution in [3.63, 3.8) is 0 Å². The van der Waals surface area contributed by atoms with Gasteiger partial charge in [-0.15, -0.1) is 0 Å². The van der Waals surface area contributed by atoms with Crippen LogP contribution in [0.15, 0.2) is 54.9 Å². The summed E-state index contributed by atoms with van der Waals surface area (Å²) in [6, 6.07) is 16.2. The van der Waals surface area contributed by atoms with Crippen molar-refractivity contribution in [3.05, 3.63) is 76.0 Å². The zero-order chi connectivity index (χ0) is 21.3. The third-order valence-corrected chi connectivity index (χ3v) is 7.19. The van der Waals surface area contributed by atoms with E-state index in [-0.39, 0.29) is 6.04 Å². The number of halogens is 2. The summed E-state index contributed by atoms with van der Waals surface area (Å²) < 4.78 is 2.14. The van der Waals surface area contributed by atoms with Gasteiger partial charge in [0.05, 0.1) is 33.9 Å². The molecule has 2 N–H and O–H groups in total. The molecule has 0 unspecified atom stereocenters. The largest absolute Gasteiger partial charge is 0.383 e. The smallest absolute Gasteiger partial charge is 0.131 e. The quantitative estimate of drug-likeness (QED) is 0.300. The van der Waals surface area contributed by atoms with E-state index in [1.54, 1.807) is 0 Å². The third kappa shape index (κ3) is 2.89. The maximum atomic E-state index is 6.86. The first-order valence-corrected chi connectivity index (χ1v) is 11.2. The molecule has 3 aromatic carbocycles. The van der Waals surface area contributed by atoms with Crippen LogP contribution >= 0.6 is 23.2 Å². The number of hydrogen-bond acceptors (Lipinski definition) is 3. The van der Waals surface area contributed by atoms with Crippen molar-refractivity contribution < 1.29 is 0 Å². The van der Waals surface area contributed by atoms with Gasteiger partial charge in [-0.25, -0.2) is 9.97 Å². The van der Waals surface area contributed by atoms with Crippen molar-refractivity contribution in [1.82, 2.24) is 14.5 Å². The van der Waals surface area contributed by atoms with Crippen LogP contribution in [-0.4, -0.2) is 14.5 Å². The van der Waals surface area contributed by atoms with Crippen LogP contribution in [-0.2, 0) is 0 Å². The van der Waals surface area contributed by atoms with Crippen molar-refractivity contribution >= 4 is 61.7 Å². The van der Waals surface area contributed by atoms with Gasteiger partial charge < -0.3 is 10.3 Å². The molecular formula is C25H20Cl2N4. The SMILES string of the molecule is C[C@H](c1c(Cl)ccc(C2CC2)c1Cl)n1cnc2cc3nc(N)c4ccccc4c3cc21. The molecule has 1 fully saturated rings. The summed E-state index contributed by atoms with van der Waals surface area (Å²) in [6.45, 7) is 2.12. The van der Waals surface area contributed by atoms with Gasteiger partial charge in [0.2, 0.25) is 0 Å². The number of rotatable bonds is 3. The van der Waals surface area contributed by atoms with Crippen LogP contribution in [0.3, 0.4) is 0 Å². The van der Waals surface area contributed by atoms with Gasteiger partial charge in [-0.05, 0) is 54.8 Å². The molecule has 1 atom stereocenters. The van der Waals surface area contributed by atoms with Gasteiger partial charge in [0.1, 0.15) is 5.82 Å². The minimum absolute atomic E-state index is 0.0610. The van der Waals surface area contributed by atoms with Gasteiger partial charge >= 0.3 is 0 Å². The Kier molecular flexibility index (Phi) is 4.17. The summed E-state index contributed by atoms with van der Waals surface area (Å²) in [4.78, 5) is 9.27. The Labute approximate surface area is 189 Å². The predicted molar refractivity (Wildman–Crippen MR) is 129 cm³/mol. The van der Waals surface area contributed by atoms with Crippen molar-refractivity contribution in [2.45, 2.75) is 31.7 Å². The van der Waals surface area contributed by atoms with Gasteiger partial charge in [0, 0.05) is 21.4 Å². The van der Waals surface area contributed by atoms with Crippen LogP contribution < -0.4 is 5.73 Å². The minimum Gasteiger partial charge on any atom is -0.383 e. The van der Waals surface area contributed by atoms with Crippen LogP contribution in [0.5, 0.6) is 0 Å². The Balaban J connectivity index is 1.58. The lowest BCUT2D eigenvalue weighted by Gasteiger charge is -2.20. The molecule has 4 nitrogen and oxygen atoms in total. The molecule has 0 amide bonds. The fraction of sp³-hybridized carbons (Fsp3) is 0.200. The summed E-state index contributed by atoms with van der Waals surface area (Å²) in [5, 5.41) is 4.56. The molecule has 0 radical (unpaired) electrons. The standard InChI is InChI=1S/C25H20Cl2N4/c1-13(23-19(26)9-8-15(24(23)27)14-6-7-14)31-12-29-21-11-20-18(10-22(21)31)16-4-2-3-5-17(16)25(28)30-20/h2-5,8-14H,6-7H2,1H3,(H2,28,30)/t13-/m1/s1. The normalized spacial score (nSPS) is 15.2. The van der Waals surface area contributed by atoms with Crippen LogP contribution in [0.25, 0.3) is 32.7 Å². The Hall–Kier alpha value is -2.82.